The maximum atomic E-state index is 13.4. The number of halogens is 1. The molecule has 0 bridgehead atoms. The molecule has 2 rings (SSSR count). The lowest BCUT2D eigenvalue weighted by Gasteiger charge is -2.06. The number of anilines is 1. The van der Waals surface area contributed by atoms with E-state index >= 15 is 0 Å². The Labute approximate surface area is 121 Å². The summed E-state index contributed by atoms with van der Waals surface area (Å²) in [4.78, 5) is 11.6. The minimum absolute atomic E-state index is 0.122. The summed E-state index contributed by atoms with van der Waals surface area (Å²) >= 11 is 0. The van der Waals surface area contributed by atoms with Gasteiger partial charge >= 0.3 is 6.03 Å². The van der Waals surface area contributed by atoms with Crippen LogP contribution in [0.15, 0.2) is 36.7 Å². The first-order chi connectivity index (χ1) is 10.2. The van der Waals surface area contributed by atoms with Crippen molar-refractivity contribution < 1.29 is 9.18 Å². The molecule has 0 atom stereocenters. The second kappa shape index (κ2) is 7.05. The molecular weight excluding hydrogens is 273 g/mol. The Balaban J connectivity index is 1.77. The maximum absolute atomic E-state index is 13.4. The number of aromatic nitrogens is 2. The van der Waals surface area contributed by atoms with Crippen LogP contribution < -0.4 is 10.6 Å². The lowest BCUT2D eigenvalue weighted by molar-refractivity contribution is 0.252. The summed E-state index contributed by atoms with van der Waals surface area (Å²) in [6, 6.07) is 7.99. The Kier molecular flexibility index (Phi) is 4.88. The highest BCUT2D eigenvalue weighted by Crippen LogP contribution is 2.07. The number of urea groups is 1. The maximum Gasteiger partial charge on any atom is 0.319 e. The number of carbonyl (C=O) groups excluding carboxylic acids is 1. The topological polar surface area (TPSA) is 82.7 Å². The van der Waals surface area contributed by atoms with Gasteiger partial charge in [0.05, 0.1) is 18.0 Å². The Morgan fingerprint density at radius 1 is 1.43 bits per heavy atom. The second-order valence-corrected chi connectivity index (χ2v) is 4.31. The van der Waals surface area contributed by atoms with E-state index in [9.17, 15) is 9.18 Å². The van der Waals surface area contributed by atoms with E-state index in [1.807, 2.05) is 6.07 Å². The van der Waals surface area contributed by atoms with E-state index in [1.165, 1.54) is 16.9 Å². The molecule has 6 nitrogen and oxygen atoms in total. The minimum atomic E-state index is -0.400. The van der Waals surface area contributed by atoms with Gasteiger partial charge in [-0.05, 0) is 18.1 Å². The molecule has 0 aliphatic rings. The van der Waals surface area contributed by atoms with Gasteiger partial charge in [-0.25, -0.2) is 9.18 Å². The molecule has 7 heteroatoms. The van der Waals surface area contributed by atoms with Crippen LogP contribution in [0.1, 0.15) is 5.56 Å². The highest BCUT2D eigenvalue weighted by Gasteiger charge is 2.05. The van der Waals surface area contributed by atoms with Gasteiger partial charge in [-0.15, -0.1) is 0 Å². The molecule has 0 fully saturated rings. The number of nitriles is 1. The molecule has 0 saturated carbocycles. The van der Waals surface area contributed by atoms with E-state index in [0.29, 0.717) is 24.2 Å². The van der Waals surface area contributed by atoms with E-state index < -0.39 is 6.03 Å². The first-order valence-corrected chi connectivity index (χ1v) is 6.36. The standard InChI is InChI=1S/C14H14FN5O/c15-13-4-2-1-3-11(13)5-7-17-14(21)19-12-9-18-20(10-12)8-6-16/h1-4,9-10H,5,7-8H2,(H2,17,19,21). The zero-order valence-electron chi connectivity index (χ0n) is 11.2. The molecule has 0 radical (unpaired) electrons. The van der Waals surface area contributed by atoms with Gasteiger partial charge < -0.3 is 10.6 Å². The fourth-order valence-electron chi connectivity index (χ4n) is 1.77. The van der Waals surface area contributed by atoms with Crippen molar-refractivity contribution in [3.05, 3.63) is 48.0 Å². The van der Waals surface area contributed by atoms with Crippen LogP contribution in [0.3, 0.4) is 0 Å². The summed E-state index contributed by atoms with van der Waals surface area (Å²) in [5.74, 6) is -0.280. The molecule has 0 saturated heterocycles. The molecule has 0 spiro atoms. The van der Waals surface area contributed by atoms with Crippen LogP contribution in [0.2, 0.25) is 0 Å². The number of hydrogen-bond donors (Lipinski definition) is 2. The van der Waals surface area contributed by atoms with E-state index in [-0.39, 0.29) is 12.4 Å². The summed E-state index contributed by atoms with van der Waals surface area (Å²) in [5, 5.41) is 17.6. The van der Waals surface area contributed by atoms with Crippen molar-refractivity contribution >= 4 is 11.7 Å². The Bertz CT molecular complexity index is 661. The molecule has 1 heterocycles. The van der Waals surface area contributed by atoms with Crippen molar-refractivity contribution in [2.45, 2.75) is 13.0 Å². The summed E-state index contributed by atoms with van der Waals surface area (Å²) in [5.41, 5.74) is 1.05. The largest absolute Gasteiger partial charge is 0.338 e. The van der Waals surface area contributed by atoms with Gasteiger partial charge in [-0.1, -0.05) is 18.2 Å². The third-order valence-corrected chi connectivity index (χ3v) is 2.76. The SMILES string of the molecule is N#CCn1cc(NC(=O)NCCc2ccccc2F)cn1. The normalized spacial score (nSPS) is 9.90. The van der Waals surface area contributed by atoms with Crippen molar-refractivity contribution in [3.63, 3.8) is 0 Å². The number of nitrogens with zero attached hydrogens (tertiary/aromatic N) is 3. The summed E-state index contributed by atoms with van der Waals surface area (Å²) in [7, 11) is 0. The van der Waals surface area contributed by atoms with Crippen molar-refractivity contribution in [1.82, 2.24) is 15.1 Å². The summed E-state index contributed by atoms with van der Waals surface area (Å²) in [6.07, 6.45) is 3.42. The number of nitrogens with one attached hydrogen (secondary N) is 2. The molecule has 1 aromatic heterocycles. The van der Waals surface area contributed by atoms with Crippen LogP contribution >= 0.6 is 0 Å². The van der Waals surface area contributed by atoms with Gasteiger partial charge in [0.1, 0.15) is 12.4 Å². The van der Waals surface area contributed by atoms with Gasteiger partial charge in [-0.2, -0.15) is 10.4 Å². The minimum Gasteiger partial charge on any atom is -0.338 e. The van der Waals surface area contributed by atoms with Crippen LogP contribution in [0.4, 0.5) is 14.9 Å². The molecule has 21 heavy (non-hydrogen) atoms. The fourth-order valence-corrected chi connectivity index (χ4v) is 1.77. The average Bonchev–Trinajstić information content (AvgIpc) is 2.88. The molecular formula is C14H14FN5O. The van der Waals surface area contributed by atoms with Crippen molar-refractivity contribution in [1.29, 1.82) is 5.26 Å². The van der Waals surface area contributed by atoms with E-state index in [0.717, 1.165) is 0 Å². The van der Waals surface area contributed by atoms with E-state index in [1.54, 1.807) is 24.4 Å². The molecule has 1 aromatic carbocycles. The zero-order valence-corrected chi connectivity index (χ0v) is 11.2. The fraction of sp³-hybridized carbons (Fsp3) is 0.214. The lowest BCUT2D eigenvalue weighted by atomic mass is 10.1. The molecule has 0 unspecified atom stereocenters. The molecule has 0 aliphatic heterocycles. The number of rotatable bonds is 5. The molecule has 2 aromatic rings. The van der Waals surface area contributed by atoms with Crippen LogP contribution in [-0.2, 0) is 13.0 Å². The first-order valence-electron chi connectivity index (χ1n) is 6.36. The van der Waals surface area contributed by atoms with Crippen molar-refractivity contribution in [3.8, 4) is 6.07 Å². The highest BCUT2D eigenvalue weighted by molar-refractivity contribution is 5.88. The van der Waals surface area contributed by atoms with Gasteiger partial charge in [0.25, 0.3) is 0 Å². The van der Waals surface area contributed by atoms with E-state index in [4.69, 9.17) is 5.26 Å². The molecule has 108 valence electrons. The van der Waals surface area contributed by atoms with Crippen molar-refractivity contribution in [2.75, 3.05) is 11.9 Å². The number of hydrogen-bond acceptors (Lipinski definition) is 3. The second-order valence-electron chi connectivity index (χ2n) is 4.31. The smallest absolute Gasteiger partial charge is 0.319 e. The highest BCUT2D eigenvalue weighted by atomic mass is 19.1. The average molecular weight is 287 g/mol. The summed E-state index contributed by atoms with van der Waals surface area (Å²) in [6.45, 7) is 0.440. The quantitative estimate of drug-likeness (QED) is 0.881. The Morgan fingerprint density at radius 2 is 2.24 bits per heavy atom. The third kappa shape index (κ3) is 4.31. The summed E-state index contributed by atoms with van der Waals surface area (Å²) < 4.78 is 14.8. The number of benzene rings is 1. The Morgan fingerprint density at radius 3 is 3.00 bits per heavy atom. The monoisotopic (exact) mass is 287 g/mol. The van der Waals surface area contributed by atoms with Crippen molar-refractivity contribution in [2.24, 2.45) is 0 Å². The zero-order chi connectivity index (χ0) is 15.1. The predicted octanol–water partition coefficient (Wildman–Crippen LogP) is 1.91. The van der Waals surface area contributed by atoms with Gasteiger partial charge in [-0.3, -0.25) is 4.68 Å². The Hall–Kier alpha value is -2.88. The van der Waals surface area contributed by atoms with Crippen LogP contribution in [0.5, 0.6) is 0 Å². The lowest BCUT2D eigenvalue weighted by Crippen LogP contribution is -2.30. The molecule has 2 amide bonds. The third-order valence-electron chi connectivity index (χ3n) is 2.76. The van der Waals surface area contributed by atoms with Gasteiger partial charge in [0.15, 0.2) is 0 Å². The van der Waals surface area contributed by atoms with E-state index in [2.05, 4.69) is 15.7 Å². The van der Waals surface area contributed by atoms with Gasteiger partial charge in [0, 0.05) is 12.7 Å². The van der Waals surface area contributed by atoms with Crippen LogP contribution in [0.25, 0.3) is 0 Å². The van der Waals surface area contributed by atoms with Crippen LogP contribution in [0, 0.1) is 17.1 Å². The number of amides is 2. The first kappa shape index (κ1) is 14.5. The number of carbonyl (C=O) groups is 1. The molecule has 0 aliphatic carbocycles. The molecule has 2 N–H and O–H groups in total. The van der Waals surface area contributed by atoms with Crippen LogP contribution in [-0.4, -0.2) is 22.4 Å². The van der Waals surface area contributed by atoms with Gasteiger partial charge in [0.2, 0.25) is 0 Å². The predicted molar refractivity (Wildman–Crippen MR) is 75.0 cm³/mol.